The van der Waals surface area contributed by atoms with Crippen molar-refractivity contribution in [3.05, 3.63) is 68.1 Å². The minimum absolute atomic E-state index is 0.0915. The number of hydrogen-bond acceptors (Lipinski definition) is 5. The summed E-state index contributed by atoms with van der Waals surface area (Å²) in [4.78, 5) is 25.4. The quantitative estimate of drug-likeness (QED) is 0.553. The van der Waals surface area contributed by atoms with Crippen molar-refractivity contribution >= 4 is 16.6 Å². The number of aromatic nitrogens is 3. The lowest BCUT2D eigenvalue weighted by atomic mass is 9.93. The number of aliphatic hydroxyl groups is 1. The van der Waals surface area contributed by atoms with Crippen molar-refractivity contribution in [2.45, 2.75) is 57.0 Å². The first-order chi connectivity index (χ1) is 16.0. The maximum Gasteiger partial charge on any atom is 0.419 e. The van der Waals surface area contributed by atoms with Crippen LogP contribution in [-0.2, 0) is 13.2 Å². The molecule has 0 unspecified atom stereocenters. The molecule has 3 aromatic rings. The smallest absolute Gasteiger partial charge is 0.393 e. The van der Waals surface area contributed by atoms with Gasteiger partial charge < -0.3 is 15.0 Å². The SMILES string of the molecule is C[C@@H](Nc1nn(C)c(=O)c2cc(=O)n([C@H]3CC[C@H](O)CC3)cc12)c1cccc(C(F)(F)F)c1F. The third kappa shape index (κ3) is 4.44. The summed E-state index contributed by atoms with van der Waals surface area (Å²) < 4.78 is 56.6. The van der Waals surface area contributed by atoms with Gasteiger partial charge in [-0.3, -0.25) is 9.59 Å². The number of nitrogens with zero attached hydrogens (tertiary/aromatic N) is 3. The maximum absolute atomic E-state index is 14.7. The Hall–Kier alpha value is -3.21. The Bertz CT molecular complexity index is 1340. The van der Waals surface area contributed by atoms with Crippen molar-refractivity contribution < 1.29 is 22.7 Å². The molecule has 34 heavy (non-hydrogen) atoms. The van der Waals surface area contributed by atoms with Crippen molar-refractivity contribution in [3.8, 4) is 0 Å². The van der Waals surface area contributed by atoms with E-state index in [1.807, 2.05) is 0 Å². The van der Waals surface area contributed by atoms with Crippen LogP contribution in [0.3, 0.4) is 0 Å². The minimum Gasteiger partial charge on any atom is -0.393 e. The number of aliphatic hydroxyl groups excluding tert-OH is 1. The Morgan fingerprint density at radius 2 is 1.82 bits per heavy atom. The lowest BCUT2D eigenvalue weighted by Crippen LogP contribution is -2.30. The summed E-state index contributed by atoms with van der Waals surface area (Å²) in [6, 6.07) is 3.16. The Balaban J connectivity index is 1.78. The second-order valence-corrected chi connectivity index (χ2v) is 8.66. The molecule has 1 saturated carbocycles. The molecule has 0 aliphatic heterocycles. The summed E-state index contributed by atoms with van der Waals surface area (Å²) in [5, 5.41) is 17.3. The minimum atomic E-state index is -4.84. The Labute approximate surface area is 191 Å². The summed E-state index contributed by atoms with van der Waals surface area (Å²) in [7, 11) is 1.39. The summed E-state index contributed by atoms with van der Waals surface area (Å²) in [6.07, 6.45) is -1.50. The number of hydrogen-bond donors (Lipinski definition) is 2. The first kappa shape index (κ1) is 23.9. The zero-order chi connectivity index (χ0) is 24.8. The summed E-state index contributed by atoms with van der Waals surface area (Å²) in [5.41, 5.74) is -2.47. The highest BCUT2D eigenvalue weighted by Crippen LogP contribution is 2.35. The average Bonchev–Trinajstić information content (AvgIpc) is 2.77. The number of fused-ring (bicyclic) bond motifs is 1. The molecule has 0 amide bonds. The first-order valence-corrected chi connectivity index (χ1v) is 10.9. The largest absolute Gasteiger partial charge is 0.419 e. The van der Waals surface area contributed by atoms with Crippen LogP contribution in [0.25, 0.3) is 10.8 Å². The summed E-state index contributed by atoms with van der Waals surface area (Å²) in [6.45, 7) is 1.48. The van der Waals surface area contributed by atoms with E-state index < -0.39 is 35.3 Å². The van der Waals surface area contributed by atoms with Crippen molar-refractivity contribution in [2.24, 2.45) is 7.05 Å². The second kappa shape index (κ2) is 8.86. The number of rotatable bonds is 4. The molecule has 4 rings (SSSR count). The highest BCUT2D eigenvalue weighted by atomic mass is 19.4. The van der Waals surface area contributed by atoms with Gasteiger partial charge in [0, 0.05) is 36.3 Å². The van der Waals surface area contributed by atoms with Crippen LogP contribution in [0.15, 0.2) is 40.1 Å². The normalized spacial score (nSPS) is 19.9. The highest BCUT2D eigenvalue weighted by molar-refractivity contribution is 5.90. The van der Waals surface area contributed by atoms with E-state index in [0.717, 1.165) is 10.7 Å². The molecule has 2 aromatic heterocycles. The lowest BCUT2D eigenvalue weighted by Gasteiger charge is -2.27. The Morgan fingerprint density at radius 3 is 2.47 bits per heavy atom. The van der Waals surface area contributed by atoms with E-state index in [4.69, 9.17) is 0 Å². The number of halogens is 4. The number of nitrogens with one attached hydrogen (secondary N) is 1. The van der Waals surface area contributed by atoms with Crippen molar-refractivity contribution in [1.29, 1.82) is 0 Å². The van der Waals surface area contributed by atoms with Gasteiger partial charge in [0.2, 0.25) is 0 Å². The van der Waals surface area contributed by atoms with Gasteiger partial charge in [-0.1, -0.05) is 12.1 Å². The molecule has 7 nitrogen and oxygen atoms in total. The molecule has 1 aliphatic rings. The van der Waals surface area contributed by atoms with Crippen LogP contribution in [0.1, 0.15) is 55.8 Å². The molecule has 1 aliphatic carbocycles. The van der Waals surface area contributed by atoms with Gasteiger partial charge in [-0.15, -0.1) is 0 Å². The predicted molar refractivity (Wildman–Crippen MR) is 118 cm³/mol. The fourth-order valence-corrected chi connectivity index (χ4v) is 4.45. The van der Waals surface area contributed by atoms with E-state index in [9.17, 15) is 32.3 Å². The fourth-order valence-electron chi connectivity index (χ4n) is 4.45. The van der Waals surface area contributed by atoms with Gasteiger partial charge in [-0.2, -0.15) is 18.3 Å². The lowest BCUT2D eigenvalue weighted by molar-refractivity contribution is -0.140. The first-order valence-electron chi connectivity index (χ1n) is 10.9. The van der Waals surface area contributed by atoms with Gasteiger partial charge >= 0.3 is 6.18 Å². The molecule has 0 bridgehead atoms. The number of benzene rings is 1. The molecule has 1 aromatic carbocycles. The highest BCUT2D eigenvalue weighted by Gasteiger charge is 2.35. The van der Waals surface area contributed by atoms with E-state index in [1.165, 1.54) is 36.9 Å². The van der Waals surface area contributed by atoms with Gasteiger partial charge in [0.15, 0.2) is 5.82 Å². The molecule has 0 saturated heterocycles. The second-order valence-electron chi connectivity index (χ2n) is 8.66. The predicted octanol–water partition coefficient (Wildman–Crippen LogP) is 3.90. The van der Waals surface area contributed by atoms with E-state index in [2.05, 4.69) is 10.4 Å². The standard InChI is InChI=1S/C23H24F4N4O3/c1-12(15-4-3-5-18(20(15)24)23(25,26)27)28-21-17-11-31(13-6-8-14(32)9-7-13)19(33)10-16(17)22(34)30(2)29-21/h3-5,10-14,32H,6-9H2,1-2H3,(H,28,29)/t12-,13-,14-/m1/s1. The van der Waals surface area contributed by atoms with E-state index in [-0.39, 0.29) is 28.4 Å². The van der Waals surface area contributed by atoms with Crippen LogP contribution >= 0.6 is 0 Å². The number of aryl methyl sites for hydroxylation is 1. The molecular formula is C23H24F4N4O3. The van der Waals surface area contributed by atoms with Crippen LogP contribution < -0.4 is 16.4 Å². The molecule has 1 atom stereocenters. The van der Waals surface area contributed by atoms with Crippen LogP contribution in [0.4, 0.5) is 23.4 Å². The molecule has 2 N–H and O–H groups in total. The fraction of sp³-hybridized carbons (Fsp3) is 0.435. The van der Waals surface area contributed by atoms with Crippen LogP contribution in [-0.4, -0.2) is 25.6 Å². The van der Waals surface area contributed by atoms with E-state index in [0.29, 0.717) is 37.1 Å². The number of alkyl halides is 3. The van der Waals surface area contributed by atoms with Gasteiger partial charge in [0.1, 0.15) is 5.82 Å². The van der Waals surface area contributed by atoms with Gasteiger partial charge in [0.25, 0.3) is 11.1 Å². The van der Waals surface area contributed by atoms with Crippen LogP contribution in [0.2, 0.25) is 0 Å². The molecule has 2 heterocycles. The van der Waals surface area contributed by atoms with Crippen LogP contribution in [0, 0.1) is 5.82 Å². The van der Waals surface area contributed by atoms with Crippen LogP contribution in [0.5, 0.6) is 0 Å². The zero-order valence-electron chi connectivity index (χ0n) is 18.6. The Kier molecular flexibility index (Phi) is 6.24. The summed E-state index contributed by atoms with van der Waals surface area (Å²) in [5.74, 6) is -1.26. The van der Waals surface area contributed by atoms with Gasteiger partial charge in [0.05, 0.1) is 23.1 Å². The molecule has 0 spiro atoms. The molecule has 1 fully saturated rings. The van der Waals surface area contributed by atoms with Crippen molar-refractivity contribution in [1.82, 2.24) is 14.3 Å². The third-order valence-corrected chi connectivity index (χ3v) is 6.32. The number of pyridine rings is 1. The van der Waals surface area contributed by atoms with Gasteiger partial charge in [-0.05, 0) is 38.7 Å². The summed E-state index contributed by atoms with van der Waals surface area (Å²) >= 11 is 0. The molecule has 182 valence electrons. The average molecular weight is 480 g/mol. The monoisotopic (exact) mass is 480 g/mol. The Morgan fingerprint density at radius 1 is 1.15 bits per heavy atom. The molecule has 11 heteroatoms. The van der Waals surface area contributed by atoms with Crippen molar-refractivity contribution in [3.63, 3.8) is 0 Å². The van der Waals surface area contributed by atoms with Gasteiger partial charge in [-0.25, -0.2) is 9.07 Å². The number of anilines is 1. The molecular weight excluding hydrogens is 456 g/mol. The third-order valence-electron chi connectivity index (χ3n) is 6.32. The zero-order valence-corrected chi connectivity index (χ0v) is 18.6. The van der Waals surface area contributed by atoms with Crippen molar-refractivity contribution in [2.75, 3.05) is 5.32 Å². The van der Waals surface area contributed by atoms with E-state index in [1.54, 1.807) is 0 Å². The topological polar surface area (TPSA) is 89.2 Å². The van der Waals surface area contributed by atoms with E-state index >= 15 is 0 Å². The maximum atomic E-state index is 14.7. The molecule has 0 radical (unpaired) electrons.